The minimum atomic E-state index is -0.523. The van der Waals surface area contributed by atoms with Gasteiger partial charge in [-0.1, -0.05) is 13.8 Å². The lowest BCUT2D eigenvalue weighted by atomic mass is 9.98. The third-order valence-electron chi connectivity index (χ3n) is 3.45. The van der Waals surface area contributed by atoms with E-state index in [1.54, 1.807) is 0 Å². The summed E-state index contributed by atoms with van der Waals surface area (Å²) in [4.78, 5) is 0. The molecule has 120 valence electrons. The second-order valence-electron chi connectivity index (χ2n) is 4.99. The molecule has 0 fully saturated rings. The van der Waals surface area contributed by atoms with Gasteiger partial charge >= 0.3 is 0 Å². The molecule has 0 bridgehead atoms. The molecule has 5 heteroatoms. The highest BCUT2D eigenvalue weighted by Gasteiger charge is 2.24. The number of rotatable bonds is 9. The van der Waals surface area contributed by atoms with Crippen molar-refractivity contribution in [3.8, 4) is 0 Å². The van der Waals surface area contributed by atoms with E-state index < -0.39 is 11.6 Å². The highest BCUT2D eigenvalue weighted by atomic mass is 79.9. The zero-order valence-corrected chi connectivity index (χ0v) is 14.5. The lowest BCUT2D eigenvalue weighted by Gasteiger charge is -2.27. The van der Waals surface area contributed by atoms with E-state index in [9.17, 15) is 8.78 Å². The lowest BCUT2D eigenvalue weighted by molar-refractivity contribution is 0.0316. The van der Waals surface area contributed by atoms with Crippen molar-refractivity contribution < 1.29 is 13.5 Å². The van der Waals surface area contributed by atoms with E-state index in [1.165, 1.54) is 12.1 Å². The van der Waals surface area contributed by atoms with Crippen LogP contribution >= 0.6 is 15.9 Å². The fraction of sp³-hybridized carbons (Fsp3) is 0.625. The molecule has 1 aromatic carbocycles. The molecule has 0 radical (unpaired) electrons. The molecule has 1 rings (SSSR count). The van der Waals surface area contributed by atoms with Gasteiger partial charge in [0.1, 0.15) is 11.6 Å². The van der Waals surface area contributed by atoms with Crippen molar-refractivity contribution in [1.29, 1.82) is 0 Å². The summed E-state index contributed by atoms with van der Waals surface area (Å²) in [6.07, 6.45) is 1.98. The molecule has 0 saturated carbocycles. The van der Waals surface area contributed by atoms with Crippen LogP contribution in [0, 0.1) is 11.6 Å². The quantitative estimate of drug-likeness (QED) is 0.654. The summed E-state index contributed by atoms with van der Waals surface area (Å²) < 4.78 is 34.1. The Morgan fingerprint density at radius 2 is 1.95 bits per heavy atom. The van der Waals surface area contributed by atoms with E-state index in [4.69, 9.17) is 4.74 Å². The number of benzene rings is 1. The normalized spacial score (nSPS) is 14.2. The Kier molecular flexibility index (Phi) is 8.37. The van der Waals surface area contributed by atoms with Gasteiger partial charge in [-0.15, -0.1) is 0 Å². The van der Waals surface area contributed by atoms with Gasteiger partial charge in [-0.05, 0) is 60.8 Å². The van der Waals surface area contributed by atoms with Crippen molar-refractivity contribution in [3.63, 3.8) is 0 Å². The van der Waals surface area contributed by atoms with E-state index >= 15 is 0 Å². The van der Waals surface area contributed by atoms with Gasteiger partial charge in [-0.3, -0.25) is 0 Å². The molecule has 2 nitrogen and oxygen atoms in total. The Hall–Kier alpha value is -0.520. The van der Waals surface area contributed by atoms with Crippen LogP contribution in [0.3, 0.4) is 0 Å². The number of halogens is 3. The van der Waals surface area contributed by atoms with Crippen LogP contribution in [0.4, 0.5) is 8.78 Å². The van der Waals surface area contributed by atoms with Crippen molar-refractivity contribution in [1.82, 2.24) is 5.32 Å². The molecule has 0 amide bonds. The second kappa shape index (κ2) is 9.49. The van der Waals surface area contributed by atoms with Crippen LogP contribution in [0.15, 0.2) is 16.6 Å². The standard InChI is InChI=1S/C16H24BrF2NO/c1-4-9-20-14(15(5-2)21-6-3)10-11-13(18)8-7-12(17)16(11)19/h7-8,14-15,20H,4-6,9-10H2,1-3H3. The number of ether oxygens (including phenoxy) is 1. The average molecular weight is 364 g/mol. The maximum absolute atomic E-state index is 14.1. The first kappa shape index (κ1) is 18.5. The molecule has 0 heterocycles. The average Bonchev–Trinajstić information content (AvgIpc) is 2.48. The van der Waals surface area contributed by atoms with Gasteiger partial charge in [0.05, 0.1) is 10.6 Å². The summed E-state index contributed by atoms with van der Waals surface area (Å²) in [5.74, 6) is -1.03. The number of hydrogen-bond acceptors (Lipinski definition) is 2. The molecular weight excluding hydrogens is 340 g/mol. The summed E-state index contributed by atoms with van der Waals surface area (Å²) in [5.41, 5.74) is 0.108. The monoisotopic (exact) mass is 363 g/mol. The maximum atomic E-state index is 14.1. The van der Waals surface area contributed by atoms with Crippen molar-refractivity contribution in [2.75, 3.05) is 13.2 Å². The molecule has 0 aliphatic carbocycles. The zero-order valence-electron chi connectivity index (χ0n) is 12.9. The molecule has 0 aliphatic rings. The molecule has 0 saturated heterocycles. The smallest absolute Gasteiger partial charge is 0.143 e. The predicted octanol–water partition coefficient (Wildman–Crippen LogP) is 4.45. The highest BCUT2D eigenvalue weighted by Crippen LogP contribution is 2.24. The van der Waals surface area contributed by atoms with E-state index in [0.717, 1.165) is 19.4 Å². The van der Waals surface area contributed by atoms with Gasteiger partial charge in [0.25, 0.3) is 0 Å². The van der Waals surface area contributed by atoms with Gasteiger partial charge in [-0.2, -0.15) is 0 Å². The van der Waals surface area contributed by atoms with Gasteiger partial charge in [0.2, 0.25) is 0 Å². The van der Waals surface area contributed by atoms with E-state index in [-0.39, 0.29) is 28.6 Å². The van der Waals surface area contributed by atoms with Crippen LogP contribution in [-0.4, -0.2) is 25.3 Å². The molecule has 2 atom stereocenters. The van der Waals surface area contributed by atoms with Crippen molar-refractivity contribution in [2.45, 2.75) is 52.2 Å². The molecular formula is C16H24BrF2NO. The van der Waals surface area contributed by atoms with Crippen LogP contribution in [0.5, 0.6) is 0 Å². The fourth-order valence-electron chi connectivity index (χ4n) is 2.37. The summed E-state index contributed by atoms with van der Waals surface area (Å²) in [6, 6.07) is 2.58. The molecule has 0 aromatic heterocycles. The minimum Gasteiger partial charge on any atom is -0.377 e. The molecule has 0 aliphatic heterocycles. The Morgan fingerprint density at radius 3 is 2.52 bits per heavy atom. The summed E-state index contributed by atoms with van der Waals surface area (Å²) in [6.45, 7) is 7.40. The van der Waals surface area contributed by atoms with Gasteiger partial charge < -0.3 is 10.1 Å². The fourth-order valence-corrected chi connectivity index (χ4v) is 2.74. The predicted molar refractivity (Wildman–Crippen MR) is 85.5 cm³/mol. The lowest BCUT2D eigenvalue weighted by Crippen LogP contribution is -2.43. The SMILES string of the molecule is CCCNC(Cc1c(F)ccc(Br)c1F)C(CC)OCC. The van der Waals surface area contributed by atoms with Crippen LogP contribution in [0.25, 0.3) is 0 Å². The van der Waals surface area contributed by atoms with Crippen LogP contribution in [0.1, 0.15) is 39.2 Å². The van der Waals surface area contributed by atoms with Crippen LogP contribution in [0.2, 0.25) is 0 Å². The topological polar surface area (TPSA) is 21.3 Å². The Labute approximate surface area is 134 Å². The second-order valence-corrected chi connectivity index (χ2v) is 5.84. The minimum absolute atomic E-state index is 0.0562. The first-order valence-corrected chi connectivity index (χ1v) is 8.31. The molecule has 0 spiro atoms. The summed E-state index contributed by atoms with van der Waals surface area (Å²) in [5, 5.41) is 3.35. The number of nitrogens with one attached hydrogen (secondary N) is 1. The van der Waals surface area contributed by atoms with Crippen LogP contribution < -0.4 is 5.32 Å². The van der Waals surface area contributed by atoms with Crippen LogP contribution in [-0.2, 0) is 11.2 Å². The molecule has 1 N–H and O–H groups in total. The maximum Gasteiger partial charge on any atom is 0.143 e. The van der Waals surface area contributed by atoms with E-state index in [2.05, 4.69) is 28.2 Å². The van der Waals surface area contributed by atoms with E-state index in [0.29, 0.717) is 6.61 Å². The van der Waals surface area contributed by atoms with Crippen molar-refractivity contribution >= 4 is 15.9 Å². The van der Waals surface area contributed by atoms with Gasteiger partial charge in [0.15, 0.2) is 0 Å². The Balaban J connectivity index is 2.97. The Bertz CT molecular complexity index is 443. The molecule has 21 heavy (non-hydrogen) atoms. The highest BCUT2D eigenvalue weighted by molar-refractivity contribution is 9.10. The molecule has 2 unspecified atom stereocenters. The zero-order chi connectivity index (χ0) is 15.8. The first-order valence-electron chi connectivity index (χ1n) is 7.52. The third-order valence-corrected chi connectivity index (χ3v) is 4.06. The summed E-state index contributed by atoms with van der Waals surface area (Å²) >= 11 is 3.11. The first-order chi connectivity index (χ1) is 10.0. The number of hydrogen-bond donors (Lipinski definition) is 1. The third kappa shape index (κ3) is 5.31. The van der Waals surface area contributed by atoms with E-state index in [1.807, 2.05) is 13.8 Å². The van der Waals surface area contributed by atoms with Crippen molar-refractivity contribution in [2.24, 2.45) is 0 Å². The summed E-state index contributed by atoms with van der Waals surface area (Å²) in [7, 11) is 0. The van der Waals surface area contributed by atoms with Gasteiger partial charge in [-0.25, -0.2) is 8.78 Å². The molecule has 1 aromatic rings. The largest absolute Gasteiger partial charge is 0.377 e. The Morgan fingerprint density at radius 1 is 1.24 bits per heavy atom. The van der Waals surface area contributed by atoms with Gasteiger partial charge in [0, 0.05) is 18.2 Å². The van der Waals surface area contributed by atoms with Crippen molar-refractivity contribution in [3.05, 3.63) is 33.8 Å².